The number of carbonyl (C=O) groups is 1. The molecule has 0 unspecified atom stereocenters. The third-order valence-corrected chi connectivity index (χ3v) is 6.44. The Balaban J connectivity index is 0.00000144. The maximum atomic E-state index is 12.3. The highest BCUT2D eigenvalue weighted by Gasteiger charge is 2.56. The molecule has 4 rings (SSSR count). The van der Waals surface area contributed by atoms with Crippen molar-refractivity contribution in [2.24, 2.45) is 17.3 Å². The van der Waals surface area contributed by atoms with Gasteiger partial charge in [-0.15, -0.1) is 0 Å². The maximum Gasteiger partial charge on any atom is 0.139 e. The van der Waals surface area contributed by atoms with Crippen LogP contribution in [0.2, 0.25) is 0 Å². The molecule has 0 saturated heterocycles. The molecule has 0 aliphatic heterocycles. The molecule has 5 atom stereocenters. The largest absolute Gasteiger partial charge is 0.508 e. The molecule has 0 aromatic heterocycles. The van der Waals surface area contributed by atoms with Crippen molar-refractivity contribution in [2.75, 3.05) is 0 Å². The third-order valence-electron chi connectivity index (χ3n) is 6.44. The molecule has 0 bridgehead atoms. The van der Waals surface area contributed by atoms with Crippen molar-refractivity contribution in [2.45, 2.75) is 51.0 Å². The molecular formula is C18H24O4. The Bertz CT molecular complexity index is 611. The summed E-state index contributed by atoms with van der Waals surface area (Å²) in [5.41, 5.74) is 2.15. The van der Waals surface area contributed by atoms with Crippen LogP contribution in [0.3, 0.4) is 0 Å². The molecule has 120 valence electrons. The van der Waals surface area contributed by atoms with Crippen LogP contribution < -0.4 is 0 Å². The van der Waals surface area contributed by atoms with E-state index in [9.17, 15) is 15.0 Å². The molecule has 2 saturated carbocycles. The molecule has 3 aliphatic carbocycles. The van der Waals surface area contributed by atoms with E-state index in [1.54, 1.807) is 12.1 Å². The van der Waals surface area contributed by atoms with Crippen LogP contribution in [0.4, 0.5) is 0 Å². The second-order valence-corrected chi connectivity index (χ2v) is 7.36. The number of fused-ring (bicyclic) bond motifs is 5. The lowest BCUT2D eigenvalue weighted by molar-refractivity contribution is -0.131. The van der Waals surface area contributed by atoms with Gasteiger partial charge in [0.2, 0.25) is 0 Å². The van der Waals surface area contributed by atoms with E-state index in [0.29, 0.717) is 30.5 Å². The van der Waals surface area contributed by atoms with Gasteiger partial charge in [0.25, 0.3) is 0 Å². The van der Waals surface area contributed by atoms with Crippen LogP contribution >= 0.6 is 0 Å². The van der Waals surface area contributed by atoms with Gasteiger partial charge < -0.3 is 15.7 Å². The van der Waals surface area contributed by atoms with E-state index in [4.69, 9.17) is 0 Å². The number of aliphatic hydroxyl groups excluding tert-OH is 1. The van der Waals surface area contributed by atoms with Gasteiger partial charge in [-0.1, -0.05) is 13.0 Å². The number of aliphatic hydroxyl groups is 1. The number of ketones is 1. The molecular weight excluding hydrogens is 280 g/mol. The second-order valence-electron chi connectivity index (χ2n) is 7.36. The highest BCUT2D eigenvalue weighted by atomic mass is 16.3. The quantitative estimate of drug-likeness (QED) is 0.768. The first-order valence-electron chi connectivity index (χ1n) is 8.04. The van der Waals surface area contributed by atoms with Gasteiger partial charge in [-0.3, -0.25) is 4.79 Å². The van der Waals surface area contributed by atoms with Gasteiger partial charge in [-0.05, 0) is 66.7 Å². The van der Waals surface area contributed by atoms with Gasteiger partial charge in [0.05, 0.1) is 6.10 Å². The normalized spacial score (nSPS) is 39.5. The number of phenolic OH excluding ortho intramolecular Hbond substituents is 1. The second kappa shape index (κ2) is 5.07. The zero-order valence-corrected chi connectivity index (χ0v) is 12.9. The predicted molar refractivity (Wildman–Crippen MR) is 82.7 cm³/mol. The Hall–Kier alpha value is -1.39. The number of phenols is 1. The highest BCUT2D eigenvalue weighted by Crippen LogP contribution is 2.59. The molecule has 0 radical (unpaired) electrons. The molecule has 4 nitrogen and oxygen atoms in total. The van der Waals surface area contributed by atoms with Crippen molar-refractivity contribution in [3.05, 3.63) is 29.3 Å². The van der Waals surface area contributed by atoms with Crippen LogP contribution in [0.1, 0.15) is 49.7 Å². The third kappa shape index (κ3) is 1.94. The topological polar surface area (TPSA) is 89.0 Å². The van der Waals surface area contributed by atoms with Crippen LogP contribution in [0.25, 0.3) is 0 Å². The van der Waals surface area contributed by atoms with Crippen molar-refractivity contribution >= 4 is 5.78 Å². The van der Waals surface area contributed by atoms with Crippen LogP contribution in [0.5, 0.6) is 5.75 Å². The Kier molecular flexibility index (Phi) is 3.57. The number of aromatic hydroxyl groups is 1. The van der Waals surface area contributed by atoms with Crippen LogP contribution in [-0.2, 0) is 11.2 Å². The van der Waals surface area contributed by atoms with Crippen LogP contribution in [0, 0.1) is 17.3 Å². The SMILES string of the molecule is C[C@]12CC[C@@H]3c4ccc(O)cc4C[C@@H](O)[C@H]3[C@@H]1CCC2=O.O. The fourth-order valence-electron chi connectivity index (χ4n) is 5.36. The van der Waals surface area contributed by atoms with E-state index in [2.05, 4.69) is 6.92 Å². The minimum absolute atomic E-state index is 0. The number of Topliss-reactive ketones (excluding diaryl/α,β-unsaturated/α-hetero) is 1. The van der Waals surface area contributed by atoms with Crippen molar-refractivity contribution in [1.29, 1.82) is 0 Å². The van der Waals surface area contributed by atoms with Gasteiger partial charge in [0.1, 0.15) is 11.5 Å². The van der Waals surface area contributed by atoms with E-state index in [1.807, 2.05) is 6.07 Å². The lowest BCUT2D eigenvalue weighted by Gasteiger charge is -2.50. The van der Waals surface area contributed by atoms with E-state index in [-0.39, 0.29) is 28.7 Å². The lowest BCUT2D eigenvalue weighted by atomic mass is 9.55. The van der Waals surface area contributed by atoms with Gasteiger partial charge in [0, 0.05) is 11.8 Å². The standard InChI is InChI=1S/C18H22O3.H2O/c1-18-7-6-13-12-3-2-11(19)8-10(12)9-15(20)17(13)14(18)4-5-16(18)21;/h2-3,8,13-15,17,19-20H,4-7,9H2,1H3;1H2/t13-,14+,15-,17-,18+;/m1./s1. The number of benzene rings is 1. The Morgan fingerprint density at radius 1 is 1.27 bits per heavy atom. The molecule has 22 heavy (non-hydrogen) atoms. The zero-order chi connectivity index (χ0) is 14.8. The van der Waals surface area contributed by atoms with E-state index in [0.717, 1.165) is 24.8 Å². The monoisotopic (exact) mass is 304 g/mol. The molecule has 4 heteroatoms. The van der Waals surface area contributed by atoms with Gasteiger partial charge >= 0.3 is 0 Å². The average molecular weight is 304 g/mol. The first-order chi connectivity index (χ1) is 10.0. The molecule has 0 spiro atoms. The van der Waals surface area contributed by atoms with Crippen LogP contribution in [0.15, 0.2) is 18.2 Å². The number of rotatable bonds is 0. The summed E-state index contributed by atoms with van der Waals surface area (Å²) >= 11 is 0. The molecule has 1 aromatic rings. The van der Waals surface area contributed by atoms with Crippen molar-refractivity contribution in [3.8, 4) is 5.75 Å². The van der Waals surface area contributed by atoms with Gasteiger partial charge in [-0.25, -0.2) is 0 Å². The highest BCUT2D eigenvalue weighted by molar-refractivity contribution is 5.87. The molecule has 4 N–H and O–H groups in total. The first kappa shape index (κ1) is 15.5. The van der Waals surface area contributed by atoms with Gasteiger partial charge in [0.15, 0.2) is 0 Å². The first-order valence-corrected chi connectivity index (χ1v) is 8.04. The van der Waals surface area contributed by atoms with E-state index < -0.39 is 0 Å². The maximum absolute atomic E-state index is 12.3. The summed E-state index contributed by atoms with van der Waals surface area (Å²) in [5, 5.41) is 20.4. The van der Waals surface area contributed by atoms with Crippen molar-refractivity contribution in [1.82, 2.24) is 0 Å². The molecule has 0 amide bonds. The molecule has 2 fully saturated rings. The summed E-state index contributed by atoms with van der Waals surface area (Å²) in [5.74, 6) is 1.53. The molecule has 1 aromatic carbocycles. The summed E-state index contributed by atoms with van der Waals surface area (Å²) < 4.78 is 0. The Morgan fingerprint density at radius 2 is 2.05 bits per heavy atom. The predicted octanol–water partition coefficient (Wildman–Crippen LogP) is 1.96. The lowest BCUT2D eigenvalue weighted by Crippen LogP contribution is -2.48. The summed E-state index contributed by atoms with van der Waals surface area (Å²) in [4.78, 5) is 12.3. The van der Waals surface area contributed by atoms with Gasteiger partial charge in [-0.2, -0.15) is 0 Å². The van der Waals surface area contributed by atoms with E-state index in [1.165, 1.54) is 5.56 Å². The average Bonchev–Trinajstić information content (AvgIpc) is 2.74. The summed E-state index contributed by atoms with van der Waals surface area (Å²) in [6, 6.07) is 5.57. The fourth-order valence-corrected chi connectivity index (χ4v) is 5.36. The number of carbonyl (C=O) groups excluding carboxylic acids is 1. The molecule has 3 aliphatic rings. The Morgan fingerprint density at radius 3 is 2.82 bits per heavy atom. The van der Waals surface area contributed by atoms with E-state index >= 15 is 0 Å². The Labute approximate surface area is 130 Å². The minimum atomic E-state index is -0.389. The zero-order valence-electron chi connectivity index (χ0n) is 12.9. The number of hydrogen-bond acceptors (Lipinski definition) is 3. The summed E-state index contributed by atoms with van der Waals surface area (Å²) in [6.45, 7) is 2.11. The van der Waals surface area contributed by atoms with Crippen LogP contribution in [-0.4, -0.2) is 27.6 Å². The summed E-state index contributed by atoms with van der Waals surface area (Å²) in [6.07, 6.45) is 3.73. The summed E-state index contributed by atoms with van der Waals surface area (Å²) in [7, 11) is 0. The smallest absolute Gasteiger partial charge is 0.139 e. The fraction of sp³-hybridized carbons (Fsp3) is 0.611. The number of hydrogen-bond donors (Lipinski definition) is 2. The van der Waals surface area contributed by atoms with Crippen molar-refractivity contribution in [3.63, 3.8) is 0 Å². The minimum Gasteiger partial charge on any atom is -0.508 e. The molecule has 0 heterocycles. The van der Waals surface area contributed by atoms with Crippen molar-refractivity contribution < 1.29 is 20.5 Å².